The Labute approximate surface area is 121 Å². The molecule has 1 aliphatic carbocycles. The van der Waals surface area contributed by atoms with Gasteiger partial charge in [-0.05, 0) is 51.5 Å². The highest BCUT2D eigenvalue weighted by Crippen LogP contribution is 2.32. The first-order valence-electron chi connectivity index (χ1n) is 7.48. The van der Waals surface area contributed by atoms with Gasteiger partial charge in [-0.15, -0.1) is 0 Å². The molecule has 0 aromatic heterocycles. The topological polar surface area (TPSA) is 38.3 Å². The molecule has 1 amide bonds. The fourth-order valence-corrected chi connectivity index (χ4v) is 2.82. The lowest BCUT2D eigenvalue weighted by Gasteiger charge is -2.31. The molecule has 0 saturated heterocycles. The van der Waals surface area contributed by atoms with Crippen LogP contribution in [-0.4, -0.2) is 17.7 Å². The molecule has 0 bridgehead atoms. The second-order valence-electron chi connectivity index (χ2n) is 6.62. The van der Waals surface area contributed by atoms with Crippen LogP contribution in [0, 0.1) is 0 Å². The lowest BCUT2D eigenvalue weighted by Crippen LogP contribution is -2.41. The van der Waals surface area contributed by atoms with Crippen molar-refractivity contribution in [1.82, 2.24) is 5.32 Å². The largest absolute Gasteiger partial charge is 0.444 e. The van der Waals surface area contributed by atoms with Crippen molar-refractivity contribution in [3.05, 3.63) is 35.9 Å². The first-order chi connectivity index (χ1) is 9.44. The smallest absolute Gasteiger partial charge is 0.407 e. The van der Waals surface area contributed by atoms with Crippen LogP contribution < -0.4 is 5.32 Å². The number of ether oxygens (including phenoxy) is 1. The van der Waals surface area contributed by atoms with Crippen molar-refractivity contribution in [2.24, 2.45) is 0 Å². The molecule has 0 radical (unpaired) electrons. The Kier molecular flexibility index (Phi) is 4.69. The molecule has 1 N–H and O–H groups in total. The zero-order valence-corrected chi connectivity index (χ0v) is 12.7. The van der Waals surface area contributed by atoms with Gasteiger partial charge in [-0.1, -0.05) is 36.8 Å². The average Bonchev–Trinajstić information content (AvgIpc) is 2.38. The van der Waals surface area contributed by atoms with Crippen LogP contribution in [-0.2, 0) is 4.74 Å². The SMILES string of the molecule is CC(C)(C)OC(=O)N[C@H]1CCC[C@H](c2ccccc2)C1. The normalized spacial score (nSPS) is 23.1. The molecule has 2 rings (SSSR count). The first-order valence-corrected chi connectivity index (χ1v) is 7.48. The third kappa shape index (κ3) is 4.55. The minimum atomic E-state index is -0.433. The Hall–Kier alpha value is -1.51. The number of amides is 1. The van der Waals surface area contributed by atoms with Crippen LogP contribution in [0.2, 0.25) is 0 Å². The van der Waals surface area contributed by atoms with Crippen LogP contribution in [0.1, 0.15) is 57.9 Å². The number of rotatable bonds is 2. The predicted molar refractivity (Wildman–Crippen MR) is 80.8 cm³/mol. The van der Waals surface area contributed by atoms with E-state index < -0.39 is 5.60 Å². The Morgan fingerprint density at radius 3 is 2.55 bits per heavy atom. The van der Waals surface area contributed by atoms with Crippen molar-refractivity contribution in [3.63, 3.8) is 0 Å². The second-order valence-corrected chi connectivity index (χ2v) is 6.62. The summed E-state index contributed by atoms with van der Waals surface area (Å²) in [6.45, 7) is 5.67. The monoisotopic (exact) mass is 275 g/mol. The van der Waals surface area contributed by atoms with Gasteiger partial charge in [0.15, 0.2) is 0 Å². The number of benzene rings is 1. The van der Waals surface area contributed by atoms with E-state index in [-0.39, 0.29) is 12.1 Å². The molecule has 3 nitrogen and oxygen atoms in total. The number of hydrogen-bond acceptors (Lipinski definition) is 2. The van der Waals surface area contributed by atoms with Crippen LogP contribution >= 0.6 is 0 Å². The Bertz CT molecular complexity index is 436. The minimum absolute atomic E-state index is 0.226. The molecule has 20 heavy (non-hydrogen) atoms. The fraction of sp³-hybridized carbons (Fsp3) is 0.588. The molecular formula is C17H25NO2. The van der Waals surface area contributed by atoms with E-state index in [1.807, 2.05) is 26.8 Å². The van der Waals surface area contributed by atoms with Gasteiger partial charge in [0.25, 0.3) is 0 Å². The van der Waals surface area contributed by atoms with Crippen molar-refractivity contribution in [2.45, 2.75) is 64.0 Å². The van der Waals surface area contributed by atoms with Crippen molar-refractivity contribution in [2.75, 3.05) is 0 Å². The third-order valence-corrected chi connectivity index (χ3v) is 3.67. The van der Waals surface area contributed by atoms with E-state index in [9.17, 15) is 4.79 Å². The van der Waals surface area contributed by atoms with E-state index in [1.54, 1.807) is 0 Å². The van der Waals surface area contributed by atoms with E-state index in [1.165, 1.54) is 12.0 Å². The maximum Gasteiger partial charge on any atom is 0.407 e. The zero-order valence-electron chi connectivity index (χ0n) is 12.7. The molecular weight excluding hydrogens is 250 g/mol. The molecule has 110 valence electrons. The number of carbonyl (C=O) groups excluding carboxylic acids is 1. The Balaban J connectivity index is 1.89. The van der Waals surface area contributed by atoms with Crippen LogP contribution in [0.15, 0.2) is 30.3 Å². The highest BCUT2D eigenvalue weighted by Gasteiger charge is 2.26. The predicted octanol–water partition coefficient (Wildman–Crippen LogP) is 4.24. The van der Waals surface area contributed by atoms with Gasteiger partial charge >= 0.3 is 6.09 Å². The van der Waals surface area contributed by atoms with Gasteiger partial charge in [0, 0.05) is 6.04 Å². The van der Waals surface area contributed by atoms with Crippen molar-refractivity contribution >= 4 is 6.09 Å². The number of alkyl carbamates (subject to hydrolysis) is 1. The molecule has 1 aromatic carbocycles. The van der Waals surface area contributed by atoms with Crippen LogP contribution in [0.5, 0.6) is 0 Å². The quantitative estimate of drug-likeness (QED) is 0.876. The summed E-state index contributed by atoms with van der Waals surface area (Å²) < 4.78 is 5.33. The average molecular weight is 275 g/mol. The lowest BCUT2D eigenvalue weighted by molar-refractivity contribution is 0.0490. The number of carbonyl (C=O) groups is 1. The summed E-state index contributed by atoms with van der Waals surface area (Å²) in [7, 11) is 0. The maximum absolute atomic E-state index is 11.8. The van der Waals surface area contributed by atoms with E-state index in [0.29, 0.717) is 5.92 Å². The summed E-state index contributed by atoms with van der Waals surface area (Å²) in [4.78, 5) is 11.8. The molecule has 2 atom stereocenters. The summed E-state index contributed by atoms with van der Waals surface area (Å²) in [5.74, 6) is 0.546. The molecule has 1 aliphatic rings. The molecule has 0 spiro atoms. The molecule has 0 unspecified atom stereocenters. The zero-order chi connectivity index (χ0) is 14.6. The highest BCUT2D eigenvalue weighted by molar-refractivity contribution is 5.68. The summed E-state index contributed by atoms with van der Waals surface area (Å²) in [6, 6.07) is 10.8. The van der Waals surface area contributed by atoms with Crippen molar-refractivity contribution < 1.29 is 9.53 Å². The molecule has 1 saturated carbocycles. The van der Waals surface area contributed by atoms with Gasteiger partial charge in [-0.2, -0.15) is 0 Å². The van der Waals surface area contributed by atoms with Gasteiger partial charge in [-0.3, -0.25) is 0 Å². The van der Waals surface area contributed by atoms with Crippen LogP contribution in [0.25, 0.3) is 0 Å². The van der Waals surface area contributed by atoms with Gasteiger partial charge in [0.05, 0.1) is 0 Å². The van der Waals surface area contributed by atoms with E-state index >= 15 is 0 Å². The number of hydrogen-bond donors (Lipinski definition) is 1. The molecule has 1 aromatic rings. The minimum Gasteiger partial charge on any atom is -0.444 e. The second kappa shape index (κ2) is 6.29. The summed E-state index contributed by atoms with van der Waals surface area (Å²) in [5.41, 5.74) is 0.945. The third-order valence-electron chi connectivity index (χ3n) is 3.67. The molecule has 3 heteroatoms. The standard InChI is InChI=1S/C17H25NO2/c1-17(2,3)20-16(19)18-15-11-7-10-14(12-15)13-8-5-4-6-9-13/h4-6,8-9,14-15H,7,10-12H2,1-3H3,(H,18,19)/t14-,15-/m0/s1. The molecule has 1 fully saturated rings. The molecule has 0 heterocycles. The van der Waals surface area contributed by atoms with E-state index in [2.05, 4.69) is 29.6 Å². The van der Waals surface area contributed by atoms with Gasteiger partial charge < -0.3 is 10.1 Å². The Morgan fingerprint density at radius 1 is 1.20 bits per heavy atom. The maximum atomic E-state index is 11.8. The van der Waals surface area contributed by atoms with E-state index in [4.69, 9.17) is 4.74 Å². The summed E-state index contributed by atoms with van der Waals surface area (Å²) in [6.07, 6.45) is 4.11. The van der Waals surface area contributed by atoms with Crippen LogP contribution in [0.4, 0.5) is 4.79 Å². The van der Waals surface area contributed by atoms with Crippen molar-refractivity contribution in [1.29, 1.82) is 0 Å². The summed E-state index contributed by atoms with van der Waals surface area (Å²) >= 11 is 0. The molecule has 0 aliphatic heterocycles. The number of nitrogens with one attached hydrogen (secondary N) is 1. The van der Waals surface area contributed by atoms with Gasteiger partial charge in [-0.25, -0.2) is 4.79 Å². The van der Waals surface area contributed by atoms with Gasteiger partial charge in [0.2, 0.25) is 0 Å². The van der Waals surface area contributed by atoms with E-state index in [0.717, 1.165) is 19.3 Å². The van der Waals surface area contributed by atoms with Crippen molar-refractivity contribution in [3.8, 4) is 0 Å². The lowest BCUT2D eigenvalue weighted by atomic mass is 9.81. The fourth-order valence-electron chi connectivity index (χ4n) is 2.82. The highest BCUT2D eigenvalue weighted by atomic mass is 16.6. The first kappa shape index (κ1) is 14.9. The Morgan fingerprint density at radius 2 is 1.90 bits per heavy atom. The van der Waals surface area contributed by atoms with Crippen LogP contribution in [0.3, 0.4) is 0 Å². The summed E-state index contributed by atoms with van der Waals surface area (Å²) in [5, 5.41) is 3.01. The van der Waals surface area contributed by atoms with Gasteiger partial charge in [0.1, 0.15) is 5.60 Å².